The molecule has 0 aromatic heterocycles. The smallest absolute Gasteiger partial charge is 0.328 e. The van der Waals surface area contributed by atoms with Gasteiger partial charge in [0.2, 0.25) is 0 Å². The van der Waals surface area contributed by atoms with Crippen LogP contribution in [0.4, 0.5) is 0 Å². The highest BCUT2D eigenvalue weighted by atomic mass is 16.4. The number of carboxylic acids is 2. The third-order valence-electron chi connectivity index (χ3n) is 4.37. The molecule has 1 aliphatic rings. The van der Waals surface area contributed by atoms with Gasteiger partial charge < -0.3 is 15.3 Å². The van der Waals surface area contributed by atoms with E-state index in [1.807, 2.05) is 12.1 Å². The molecule has 6 heteroatoms. The number of phenolic OH excluding ortho intramolecular Hbond substituents is 1. The van der Waals surface area contributed by atoms with E-state index >= 15 is 0 Å². The first-order chi connectivity index (χ1) is 13.9. The van der Waals surface area contributed by atoms with Crippen molar-refractivity contribution in [1.82, 2.24) is 4.90 Å². The minimum absolute atomic E-state index is 0.342. The summed E-state index contributed by atoms with van der Waals surface area (Å²) in [6, 6.07) is 18.2. The number of aliphatic carboxylic acids is 2. The molecule has 0 unspecified atom stereocenters. The molecule has 2 aromatic carbocycles. The number of hydrogen-bond donors (Lipinski definition) is 3. The molecule has 152 valence electrons. The Morgan fingerprint density at radius 1 is 0.966 bits per heavy atom. The lowest BCUT2D eigenvalue weighted by Crippen LogP contribution is -2.31. The van der Waals surface area contributed by atoms with Crippen LogP contribution < -0.4 is 0 Å². The van der Waals surface area contributed by atoms with E-state index in [-0.39, 0.29) is 0 Å². The minimum atomic E-state index is -1.26. The largest absolute Gasteiger partial charge is 0.508 e. The third kappa shape index (κ3) is 8.45. The number of nitrogens with zero attached hydrogens (tertiary/aromatic N) is 1. The standard InChI is InChI=1S/C19H21NO.C4H4O4/c21-19-10-4-8-17(14-19)18-9-5-12-20(15-18)13-11-16-6-2-1-3-7-16;5-3(6)1-2-4(7)8/h1-4,6-10,14,21H,5,11-13,15H2;1-2H,(H,5,6)(H,7,8)/b;2-1+. The van der Waals surface area contributed by atoms with E-state index in [2.05, 4.69) is 47.4 Å². The predicted octanol–water partition coefficient (Wildman–Crippen LogP) is 3.44. The maximum Gasteiger partial charge on any atom is 0.328 e. The van der Waals surface area contributed by atoms with Crippen LogP contribution in [0.3, 0.4) is 0 Å². The van der Waals surface area contributed by atoms with Crippen molar-refractivity contribution in [3.05, 3.63) is 84.0 Å². The van der Waals surface area contributed by atoms with E-state index in [9.17, 15) is 14.7 Å². The van der Waals surface area contributed by atoms with Crippen molar-refractivity contribution in [3.8, 4) is 5.75 Å². The second-order valence-electron chi connectivity index (χ2n) is 6.59. The first kappa shape index (κ1) is 21.9. The van der Waals surface area contributed by atoms with Gasteiger partial charge in [0.25, 0.3) is 0 Å². The Morgan fingerprint density at radius 2 is 1.66 bits per heavy atom. The van der Waals surface area contributed by atoms with E-state index in [1.165, 1.54) is 11.1 Å². The van der Waals surface area contributed by atoms with E-state index in [0.29, 0.717) is 17.9 Å². The van der Waals surface area contributed by atoms with E-state index in [4.69, 9.17) is 10.2 Å². The van der Waals surface area contributed by atoms with Gasteiger partial charge in [-0.05, 0) is 41.7 Å². The zero-order valence-electron chi connectivity index (χ0n) is 16.1. The number of phenols is 1. The average Bonchev–Trinajstić information content (AvgIpc) is 2.72. The fraction of sp³-hybridized carbons (Fsp3) is 0.217. The van der Waals surface area contributed by atoms with Crippen LogP contribution in [0.2, 0.25) is 0 Å². The summed E-state index contributed by atoms with van der Waals surface area (Å²) < 4.78 is 0. The molecule has 0 saturated carbocycles. The summed E-state index contributed by atoms with van der Waals surface area (Å²) in [6.07, 6.45) is 5.59. The van der Waals surface area contributed by atoms with Gasteiger partial charge in [0.15, 0.2) is 0 Å². The Kier molecular flexibility index (Phi) is 8.66. The highest BCUT2D eigenvalue weighted by molar-refractivity contribution is 5.89. The topological polar surface area (TPSA) is 98.1 Å². The summed E-state index contributed by atoms with van der Waals surface area (Å²) in [6.45, 7) is 3.17. The quantitative estimate of drug-likeness (QED) is 0.648. The summed E-state index contributed by atoms with van der Waals surface area (Å²) in [5.74, 6) is -2.17. The van der Waals surface area contributed by atoms with E-state index in [0.717, 1.165) is 38.0 Å². The summed E-state index contributed by atoms with van der Waals surface area (Å²) in [7, 11) is 0. The maximum atomic E-state index is 9.62. The summed E-state index contributed by atoms with van der Waals surface area (Å²) in [5, 5.41) is 25.2. The molecular weight excluding hydrogens is 370 g/mol. The van der Waals surface area contributed by atoms with Gasteiger partial charge in [0, 0.05) is 31.8 Å². The molecular formula is C23H25NO5. The third-order valence-corrected chi connectivity index (χ3v) is 4.37. The van der Waals surface area contributed by atoms with Crippen LogP contribution in [0.15, 0.2) is 72.8 Å². The zero-order chi connectivity index (χ0) is 21.1. The van der Waals surface area contributed by atoms with Crippen LogP contribution in [-0.4, -0.2) is 51.8 Å². The zero-order valence-corrected chi connectivity index (χ0v) is 16.1. The predicted molar refractivity (Wildman–Crippen MR) is 112 cm³/mol. The summed E-state index contributed by atoms with van der Waals surface area (Å²) >= 11 is 0. The van der Waals surface area contributed by atoms with Gasteiger partial charge >= 0.3 is 11.9 Å². The van der Waals surface area contributed by atoms with Gasteiger partial charge in [-0.15, -0.1) is 0 Å². The maximum absolute atomic E-state index is 9.62. The Hall–Kier alpha value is -3.38. The lowest BCUT2D eigenvalue weighted by molar-refractivity contribution is -0.134. The molecule has 0 spiro atoms. The molecule has 3 N–H and O–H groups in total. The van der Waals surface area contributed by atoms with Crippen molar-refractivity contribution < 1.29 is 24.9 Å². The number of carbonyl (C=O) groups is 2. The summed E-state index contributed by atoms with van der Waals surface area (Å²) in [4.78, 5) is 21.6. The molecule has 1 heterocycles. The Balaban J connectivity index is 0.000000321. The van der Waals surface area contributed by atoms with Crippen molar-refractivity contribution in [2.24, 2.45) is 0 Å². The van der Waals surface area contributed by atoms with Crippen LogP contribution in [0.25, 0.3) is 5.57 Å². The molecule has 0 bridgehead atoms. The van der Waals surface area contributed by atoms with Crippen LogP contribution >= 0.6 is 0 Å². The van der Waals surface area contributed by atoms with Gasteiger partial charge in [-0.1, -0.05) is 48.5 Å². The molecule has 0 fully saturated rings. The number of hydrogen-bond acceptors (Lipinski definition) is 4. The molecule has 0 amide bonds. The van der Waals surface area contributed by atoms with Gasteiger partial charge in [-0.3, -0.25) is 4.90 Å². The molecule has 3 rings (SSSR count). The van der Waals surface area contributed by atoms with E-state index < -0.39 is 11.9 Å². The fourth-order valence-corrected chi connectivity index (χ4v) is 2.99. The molecule has 0 atom stereocenters. The highest BCUT2D eigenvalue weighted by Crippen LogP contribution is 2.23. The van der Waals surface area contributed by atoms with Crippen molar-refractivity contribution in [2.75, 3.05) is 19.6 Å². The molecule has 0 aliphatic carbocycles. The monoisotopic (exact) mass is 395 g/mol. The van der Waals surface area contributed by atoms with Crippen LogP contribution in [-0.2, 0) is 16.0 Å². The van der Waals surface area contributed by atoms with Crippen LogP contribution in [0, 0.1) is 0 Å². The van der Waals surface area contributed by atoms with Crippen molar-refractivity contribution in [2.45, 2.75) is 12.8 Å². The normalized spacial score (nSPS) is 14.0. The fourth-order valence-electron chi connectivity index (χ4n) is 2.99. The van der Waals surface area contributed by atoms with Gasteiger partial charge in [0.1, 0.15) is 5.75 Å². The number of carboxylic acid groups (broad SMARTS) is 2. The minimum Gasteiger partial charge on any atom is -0.508 e. The van der Waals surface area contributed by atoms with Gasteiger partial charge in [-0.25, -0.2) is 9.59 Å². The summed E-state index contributed by atoms with van der Waals surface area (Å²) in [5.41, 5.74) is 3.86. The van der Waals surface area contributed by atoms with Crippen LogP contribution in [0.1, 0.15) is 17.5 Å². The van der Waals surface area contributed by atoms with E-state index in [1.54, 1.807) is 6.07 Å². The van der Waals surface area contributed by atoms with Crippen molar-refractivity contribution in [1.29, 1.82) is 0 Å². The SMILES string of the molecule is O=C(O)/C=C/C(=O)O.Oc1cccc(C2=CCCN(CCc3ccccc3)C2)c1. The molecule has 1 aliphatic heterocycles. The molecule has 0 radical (unpaired) electrons. The second kappa shape index (κ2) is 11.5. The highest BCUT2D eigenvalue weighted by Gasteiger charge is 2.14. The first-order valence-corrected chi connectivity index (χ1v) is 9.32. The van der Waals surface area contributed by atoms with Crippen molar-refractivity contribution in [3.63, 3.8) is 0 Å². The van der Waals surface area contributed by atoms with Crippen LogP contribution in [0.5, 0.6) is 5.75 Å². The van der Waals surface area contributed by atoms with Gasteiger partial charge in [0.05, 0.1) is 0 Å². The number of benzene rings is 2. The first-order valence-electron chi connectivity index (χ1n) is 9.32. The average molecular weight is 395 g/mol. The number of aromatic hydroxyl groups is 1. The Labute approximate surface area is 170 Å². The Morgan fingerprint density at radius 3 is 2.28 bits per heavy atom. The molecule has 0 saturated heterocycles. The van der Waals surface area contributed by atoms with Gasteiger partial charge in [-0.2, -0.15) is 0 Å². The lowest BCUT2D eigenvalue weighted by Gasteiger charge is -2.27. The molecule has 2 aromatic rings. The lowest BCUT2D eigenvalue weighted by atomic mass is 10.0. The number of rotatable bonds is 6. The molecule has 6 nitrogen and oxygen atoms in total. The second-order valence-corrected chi connectivity index (χ2v) is 6.59. The van der Waals surface area contributed by atoms with Crippen molar-refractivity contribution >= 4 is 17.5 Å². The molecule has 29 heavy (non-hydrogen) atoms. The Bertz CT molecular complexity index is 858.